The second-order valence-corrected chi connectivity index (χ2v) is 5.22. The Bertz CT molecular complexity index is 932. The summed E-state index contributed by atoms with van der Waals surface area (Å²) in [7, 11) is 0. The van der Waals surface area contributed by atoms with E-state index >= 15 is 0 Å². The van der Waals surface area contributed by atoms with Gasteiger partial charge in [0, 0.05) is 0 Å². The summed E-state index contributed by atoms with van der Waals surface area (Å²) in [6.45, 7) is -0.159. The van der Waals surface area contributed by atoms with Gasteiger partial charge in [0.2, 0.25) is 5.89 Å². The topological polar surface area (TPSA) is 76.3 Å². The Morgan fingerprint density at radius 2 is 1.46 bits per heavy atom. The van der Waals surface area contributed by atoms with E-state index in [1.165, 1.54) is 12.1 Å². The van der Waals surface area contributed by atoms with Gasteiger partial charge in [-0.15, -0.1) is 10.2 Å². The van der Waals surface area contributed by atoms with E-state index in [1.807, 2.05) is 0 Å². The molecular formula is C17H10FN3O3. The number of hydrogen-bond donors (Lipinski definition) is 0. The molecule has 7 heteroatoms. The van der Waals surface area contributed by atoms with Crippen LogP contribution in [-0.4, -0.2) is 26.9 Å². The number of imide groups is 1. The van der Waals surface area contributed by atoms with Crippen LogP contribution in [0.5, 0.6) is 0 Å². The molecule has 0 atom stereocenters. The molecule has 3 aromatic rings. The number of rotatable bonds is 3. The third-order valence-electron chi connectivity index (χ3n) is 3.74. The first-order chi connectivity index (χ1) is 11.6. The Morgan fingerprint density at radius 1 is 0.875 bits per heavy atom. The summed E-state index contributed by atoms with van der Waals surface area (Å²) >= 11 is 0. The van der Waals surface area contributed by atoms with E-state index in [4.69, 9.17) is 4.42 Å². The van der Waals surface area contributed by atoms with Crippen molar-refractivity contribution >= 4 is 11.8 Å². The largest absolute Gasteiger partial charge is 0.419 e. The number of carbonyl (C=O) groups excluding carboxylic acids is 2. The van der Waals surface area contributed by atoms with Crippen LogP contribution in [-0.2, 0) is 6.54 Å². The third-order valence-corrected chi connectivity index (χ3v) is 3.74. The summed E-state index contributed by atoms with van der Waals surface area (Å²) in [5.41, 5.74) is 0.853. The first-order valence-electron chi connectivity index (χ1n) is 7.17. The Balaban J connectivity index is 1.61. The van der Waals surface area contributed by atoms with Crippen molar-refractivity contribution in [2.75, 3.05) is 0 Å². The second-order valence-electron chi connectivity index (χ2n) is 5.22. The molecular weight excluding hydrogens is 313 g/mol. The first-order valence-corrected chi connectivity index (χ1v) is 7.17. The molecule has 4 rings (SSSR count). The quantitative estimate of drug-likeness (QED) is 0.693. The molecule has 2 aromatic carbocycles. The molecule has 0 unspecified atom stereocenters. The molecule has 1 aliphatic heterocycles. The molecule has 1 aliphatic rings. The van der Waals surface area contributed by atoms with E-state index in [9.17, 15) is 14.0 Å². The molecule has 118 valence electrons. The molecule has 0 N–H and O–H groups in total. The molecule has 0 aliphatic carbocycles. The summed E-state index contributed by atoms with van der Waals surface area (Å²) in [5, 5.41) is 7.58. The van der Waals surface area contributed by atoms with Crippen LogP contribution in [0.4, 0.5) is 4.39 Å². The summed E-state index contributed by atoms with van der Waals surface area (Å²) in [6, 6.07) is 12.6. The van der Waals surface area contributed by atoms with Crippen LogP contribution in [0.25, 0.3) is 11.5 Å². The molecule has 6 nitrogen and oxygen atoms in total. The van der Waals surface area contributed by atoms with Gasteiger partial charge in [-0.1, -0.05) is 24.3 Å². The van der Waals surface area contributed by atoms with Crippen molar-refractivity contribution in [2.45, 2.75) is 6.54 Å². The maximum atomic E-state index is 13.7. The van der Waals surface area contributed by atoms with E-state index in [0.29, 0.717) is 11.1 Å². The lowest BCUT2D eigenvalue weighted by Gasteiger charge is -2.10. The number of aromatic nitrogens is 2. The molecule has 2 amide bonds. The Morgan fingerprint density at radius 3 is 2.08 bits per heavy atom. The number of carbonyl (C=O) groups is 2. The normalized spacial score (nSPS) is 13.5. The van der Waals surface area contributed by atoms with Crippen LogP contribution in [0, 0.1) is 5.82 Å². The molecule has 1 aromatic heterocycles. The van der Waals surface area contributed by atoms with E-state index in [2.05, 4.69) is 10.2 Å². The molecule has 0 radical (unpaired) electrons. The van der Waals surface area contributed by atoms with Crippen LogP contribution < -0.4 is 0 Å². The highest BCUT2D eigenvalue weighted by molar-refractivity contribution is 6.21. The van der Waals surface area contributed by atoms with Crippen molar-refractivity contribution in [1.29, 1.82) is 0 Å². The van der Waals surface area contributed by atoms with Crippen molar-refractivity contribution in [2.24, 2.45) is 0 Å². The van der Waals surface area contributed by atoms with Crippen molar-refractivity contribution in [3.05, 3.63) is 71.4 Å². The minimum absolute atomic E-state index is 0.000269. The van der Waals surface area contributed by atoms with E-state index in [0.717, 1.165) is 4.90 Å². The zero-order chi connectivity index (χ0) is 16.7. The number of benzene rings is 2. The minimum Gasteiger partial charge on any atom is -0.419 e. The first kappa shape index (κ1) is 14.3. The summed E-state index contributed by atoms with van der Waals surface area (Å²) in [5.74, 6) is -1.27. The van der Waals surface area contributed by atoms with Crippen molar-refractivity contribution in [3.63, 3.8) is 0 Å². The van der Waals surface area contributed by atoms with E-state index in [1.54, 1.807) is 36.4 Å². The molecule has 24 heavy (non-hydrogen) atoms. The van der Waals surface area contributed by atoms with Crippen molar-refractivity contribution in [3.8, 4) is 11.5 Å². The van der Waals surface area contributed by atoms with Gasteiger partial charge in [0.15, 0.2) is 0 Å². The highest BCUT2D eigenvalue weighted by Gasteiger charge is 2.36. The van der Waals surface area contributed by atoms with Crippen LogP contribution in [0.2, 0.25) is 0 Å². The monoisotopic (exact) mass is 323 g/mol. The molecule has 0 bridgehead atoms. The zero-order valence-electron chi connectivity index (χ0n) is 12.3. The molecule has 2 heterocycles. The lowest BCUT2D eigenvalue weighted by atomic mass is 10.1. The number of nitrogens with zero attached hydrogens (tertiary/aromatic N) is 3. The Labute approximate surface area is 135 Å². The van der Waals surface area contributed by atoms with Crippen LogP contribution in [0.1, 0.15) is 26.6 Å². The number of halogens is 1. The van der Waals surface area contributed by atoms with E-state index in [-0.39, 0.29) is 23.9 Å². The van der Waals surface area contributed by atoms with Gasteiger partial charge >= 0.3 is 0 Å². The fourth-order valence-corrected chi connectivity index (χ4v) is 2.58. The Kier molecular flexibility index (Phi) is 3.19. The van der Waals surface area contributed by atoms with Gasteiger partial charge in [-0.2, -0.15) is 0 Å². The van der Waals surface area contributed by atoms with Crippen LogP contribution >= 0.6 is 0 Å². The van der Waals surface area contributed by atoms with Gasteiger partial charge in [-0.25, -0.2) is 4.39 Å². The predicted octanol–water partition coefficient (Wildman–Crippen LogP) is 2.67. The smallest absolute Gasteiger partial charge is 0.262 e. The third kappa shape index (κ3) is 2.18. The van der Waals surface area contributed by atoms with Gasteiger partial charge < -0.3 is 4.42 Å². The molecule has 0 spiro atoms. The fraction of sp³-hybridized carbons (Fsp3) is 0.0588. The number of hydrogen-bond acceptors (Lipinski definition) is 5. The fourth-order valence-electron chi connectivity index (χ4n) is 2.58. The highest BCUT2D eigenvalue weighted by Crippen LogP contribution is 2.25. The summed E-state index contributed by atoms with van der Waals surface area (Å²) in [4.78, 5) is 25.6. The van der Waals surface area contributed by atoms with Crippen LogP contribution in [0.15, 0.2) is 52.9 Å². The molecule has 0 saturated heterocycles. The summed E-state index contributed by atoms with van der Waals surface area (Å²) < 4.78 is 19.1. The number of amides is 2. The predicted molar refractivity (Wildman–Crippen MR) is 80.3 cm³/mol. The van der Waals surface area contributed by atoms with Gasteiger partial charge in [0.25, 0.3) is 17.7 Å². The van der Waals surface area contributed by atoms with E-state index < -0.39 is 17.6 Å². The molecule has 0 fully saturated rings. The van der Waals surface area contributed by atoms with Gasteiger partial charge in [0.1, 0.15) is 12.4 Å². The van der Waals surface area contributed by atoms with Crippen molar-refractivity contribution < 1.29 is 18.4 Å². The lowest BCUT2D eigenvalue weighted by molar-refractivity contribution is 0.0629. The van der Waals surface area contributed by atoms with Crippen LogP contribution in [0.3, 0.4) is 0 Å². The molecule has 0 saturated carbocycles. The van der Waals surface area contributed by atoms with Gasteiger partial charge in [0.05, 0.1) is 16.7 Å². The maximum absolute atomic E-state index is 13.7. The minimum atomic E-state index is -0.492. The van der Waals surface area contributed by atoms with Gasteiger partial charge in [-0.3, -0.25) is 14.5 Å². The SMILES string of the molecule is O=C1c2ccccc2C(=O)N1Cc1nnc(-c2ccccc2F)o1. The number of fused-ring (bicyclic) bond motifs is 1. The standard InChI is InChI=1S/C17H10FN3O3/c18-13-8-4-3-7-12(13)15-20-19-14(24-15)9-21-16(22)10-5-1-2-6-11(10)17(21)23/h1-8H,9H2. The lowest BCUT2D eigenvalue weighted by Crippen LogP contribution is -2.29. The summed E-state index contributed by atoms with van der Waals surface area (Å²) in [6.07, 6.45) is 0. The second kappa shape index (κ2) is 5.38. The maximum Gasteiger partial charge on any atom is 0.262 e. The average Bonchev–Trinajstić information content (AvgIpc) is 3.15. The van der Waals surface area contributed by atoms with Crippen molar-refractivity contribution in [1.82, 2.24) is 15.1 Å². The zero-order valence-corrected chi connectivity index (χ0v) is 12.3. The highest BCUT2D eigenvalue weighted by atomic mass is 19.1. The van der Waals surface area contributed by atoms with Gasteiger partial charge in [-0.05, 0) is 24.3 Å². The average molecular weight is 323 g/mol. The Hall–Kier alpha value is -3.35.